The molecule has 1 fully saturated rings. The minimum Gasteiger partial charge on any atom is -0.459 e. The number of rotatable bonds is 31. The van der Waals surface area contributed by atoms with E-state index in [4.69, 9.17) is 40.5 Å². The number of benzene rings is 2. The maximum atomic E-state index is 14.2. The summed E-state index contributed by atoms with van der Waals surface area (Å²) in [4.78, 5) is 35.4. The van der Waals surface area contributed by atoms with E-state index in [0.717, 1.165) is 61.6 Å². The predicted octanol–water partition coefficient (Wildman–Crippen LogP) is 11.6. The second kappa shape index (κ2) is 28.9. The lowest BCUT2D eigenvalue weighted by atomic mass is 9.55. The number of oxime groups is 1. The second-order valence-electron chi connectivity index (χ2n) is 18.0. The lowest BCUT2D eigenvalue weighted by Crippen LogP contribution is -2.70. The first-order valence-electron chi connectivity index (χ1n) is 25.0. The van der Waals surface area contributed by atoms with Crippen molar-refractivity contribution in [3.8, 4) is 11.5 Å². The largest absolute Gasteiger partial charge is 0.459 e. The van der Waals surface area contributed by atoms with Gasteiger partial charge in [0.15, 0.2) is 0 Å². The van der Waals surface area contributed by atoms with Crippen LogP contribution in [0.5, 0.6) is 11.5 Å². The van der Waals surface area contributed by atoms with Crippen LogP contribution < -0.4 is 14.8 Å². The summed E-state index contributed by atoms with van der Waals surface area (Å²) in [5, 5.41) is 27.8. The molecule has 6 unspecified atom stereocenters. The standard InChI is InChI=1S/C53H78ClN3O9/c1-4-7-8-9-10-11-12-13-14-20-30-55-51(60)65-42-27-28-47-45(37-42)49-43(26-19-22-33-59)41(25-18-21-32-58)36-44-46(56-64-39-40-23-16-15-17-24-40)38-48(53(66-47,50(44)49)63-34-6-3)57(31-5-2)52(61)62-35-29-54/h6,15-17,23-24,27-28,36-37,41,43,48-50,58-59H,3-5,7-14,18-22,25-26,29-35,38-39H2,1-2H3,(H,55,60). The third-order valence-electron chi connectivity index (χ3n) is 13.3. The van der Waals surface area contributed by atoms with Gasteiger partial charge < -0.3 is 39.3 Å². The Morgan fingerprint density at radius 3 is 2.32 bits per heavy atom. The molecule has 12 nitrogen and oxygen atoms in total. The number of aliphatic hydroxyl groups excluding tert-OH is 2. The SMILES string of the molecule is C=CCOC12Oc3ccc(OC(=O)NCCCCCCCCCCCC)cc3C3C(CCCCO)C(CCCCO)C=C(C(=NOCc4ccccc4)CC1N(CCC)C(=O)OCCCl)C32. The summed E-state index contributed by atoms with van der Waals surface area (Å²) in [6, 6.07) is 14.6. The van der Waals surface area contributed by atoms with Gasteiger partial charge in [-0.15, -0.1) is 18.2 Å². The molecule has 0 spiro atoms. The van der Waals surface area contributed by atoms with Gasteiger partial charge in [-0.25, -0.2) is 9.59 Å². The van der Waals surface area contributed by atoms with Crippen LogP contribution in [0, 0.1) is 17.8 Å². The van der Waals surface area contributed by atoms with Crippen LogP contribution in [-0.4, -0.2) is 90.2 Å². The summed E-state index contributed by atoms with van der Waals surface area (Å²) in [7, 11) is 0. The van der Waals surface area contributed by atoms with Gasteiger partial charge >= 0.3 is 12.2 Å². The van der Waals surface area contributed by atoms with Crippen LogP contribution in [0.3, 0.4) is 0 Å². The molecule has 6 atom stereocenters. The normalized spacial score (nSPS) is 22.3. The number of amides is 2. The molecule has 1 heterocycles. The highest BCUT2D eigenvalue weighted by Gasteiger charge is 2.65. The van der Waals surface area contributed by atoms with Crippen molar-refractivity contribution in [2.45, 2.75) is 154 Å². The van der Waals surface area contributed by atoms with Crippen molar-refractivity contribution in [3.05, 3.63) is 84.0 Å². The summed E-state index contributed by atoms with van der Waals surface area (Å²) < 4.78 is 26.1. The molecule has 3 aliphatic rings. The third kappa shape index (κ3) is 14.7. The van der Waals surface area contributed by atoms with E-state index in [1.807, 2.05) is 49.4 Å². The minimum absolute atomic E-state index is 0.00632. The van der Waals surface area contributed by atoms with Crippen LogP contribution in [0.1, 0.15) is 146 Å². The average Bonchev–Trinajstić information content (AvgIpc) is 3.32. The molecule has 1 saturated carbocycles. The van der Waals surface area contributed by atoms with Crippen LogP contribution in [0.4, 0.5) is 9.59 Å². The maximum absolute atomic E-state index is 14.2. The number of aliphatic hydroxyl groups is 2. The number of nitrogens with zero attached hydrogens (tertiary/aromatic N) is 2. The monoisotopic (exact) mass is 936 g/mol. The number of hydrogen-bond donors (Lipinski definition) is 3. The molecule has 0 radical (unpaired) electrons. The number of ether oxygens (including phenoxy) is 4. The van der Waals surface area contributed by atoms with Gasteiger partial charge in [-0.05, 0) is 79.7 Å². The molecule has 2 aromatic rings. The minimum atomic E-state index is -1.44. The van der Waals surface area contributed by atoms with Crippen LogP contribution in [0.25, 0.3) is 0 Å². The number of nitrogens with one attached hydrogen (secondary N) is 1. The zero-order chi connectivity index (χ0) is 47.0. The van der Waals surface area contributed by atoms with Crippen LogP contribution in [0.2, 0.25) is 0 Å². The van der Waals surface area contributed by atoms with Crippen molar-refractivity contribution >= 4 is 29.5 Å². The Morgan fingerprint density at radius 1 is 0.924 bits per heavy atom. The molecule has 0 bridgehead atoms. The van der Waals surface area contributed by atoms with Crippen LogP contribution in [-0.2, 0) is 20.9 Å². The summed E-state index contributed by atoms with van der Waals surface area (Å²) in [6.45, 7) is 9.73. The second-order valence-corrected chi connectivity index (χ2v) is 18.4. The fraction of sp³-hybridized carbons (Fsp3) is 0.642. The lowest BCUT2D eigenvalue weighted by molar-refractivity contribution is -0.255. The number of halogens is 1. The van der Waals surface area contributed by atoms with Crippen LogP contribution in [0.15, 0.2) is 78.0 Å². The van der Waals surface area contributed by atoms with E-state index in [0.29, 0.717) is 49.6 Å². The number of carbonyl (C=O) groups is 2. The summed E-state index contributed by atoms with van der Waals surface area (Å²) in [5.41, 5.74) is 3.42. The molecule has 66 heavy (non-hydrogen) atoms. The number of unbranched alkanes of at least 4 members (excludes halogenated alkanes) is 11. The molecule has 2 aromatic carbocycles. The van der Waals surface area contributed by atoms with E-state index in [1.165, 1.54) is 44.9 Å². The highest BCUT2D eigenvalue weighted by atomic mass is 35.5. The van der Waals surface area contributed by atoms with Crippen molar-refractivity contribution < 1.29 is 43.6 Å². The molecule has 2 amide bonds. The van der Waals surface area contributed by atoms with E-state index in [2.05, 4.69) is 24.9 Å². The van der Waals surface area contributed by atoms with Gasteiger partial charge in [-0.3, -0.25) is 4.90 Å². The van der Waals surface area contributed by atoms with Crippen molar-refractivity contribution in [2.75, 3.05) is 45.4 Å². The average molecular weight is 937 g/mol. The van der Waals surface area contributed by atoms with E-state index in [1.54, 1.807) is 17.0 Å². The van der Waals surface area contributed by atoms with E-state index in [-0.39, 0.29) is 63.1 Å². The first-order chi connectivity index (χ1) is 32.3. The van der Waals surface area contributed by atoms with Gasteiger partial charge in [-0.2, -0.15) is 0 Å². The third-order valence-corrected chi connectivity index (χ3v) is 13.4. The Labute approximate surface area is 399 Å². The number of carbonyl (C=O) groups excluding carboxylic acids is 2. The van der Waals surface area contributed by atoms with Crippen molar-refractivity contribution in [1.82, 2.24) is 10.2 Å². The Morgan fingerprint density at radius 2 is 1.64 bits per heavy atom. The lowest BCUT2D eigenvalue weighted by Gasteiger charge is -2.59. The molecular formula is C53H78ClN3O9. The molecule has 0 saturated heterocycles. The zero-order valence-electron chi connectivity index (χ0n) is 39.8. The molecule has 1 aliphatic heterocycles. The summed E-state index contributed by atoms with van der Waals surface area (Å²) in [5.74, 6) is -1.08. The van der Waals surface area contributed by atoms with Gasteiger partial charge in [-0.1, -0.05) is 132 Å². The topological polar surface area (TPSA) is 148 Å². The van der Waals surface area contributed by atoms with Crippen LogP contribution >= 0.6 is 11.6 Å². The van der Waals surface area contributed by atoms with E-state index in [9.17, 15) is 19.8 Å². The van der Waals surface area contributed by atoms with Gasteiger partial charge in [0.1, 0.15) is 30.8 Å². The number of alkyl halides is 1. The van der Waals surface area contributed by atoms with Gasteiger partial charge in [0.25, 0.3) is 0 Å². The van der Waals surface area contributed by atoms with Gasteiger partial charge in [0.05, 0.1) is 24.1 Å². The summed E-state index contributed by atoms with van der Waals surface area (Å²) in [6.07, 6.45) is 20.4. The Hall–Kier alpha value is -4.10. The molecule has 3 N–H and O–H groups in total. The highest BCUT2D eigenvalue weighted by molar-refractivity contribution is 6.18. The Balaban J connectivity index is 1.55. The molecule has 0 aromatic heterocycles. The number of hydrogen-bond acceptors (Lipinski definition) is 10. The van der Waals surface area contributed by atoms with E-state index < -0.39 is 29.9 Å². The van der Waals surface area contributed by atoms with E-state index >= 15 is 0 Å². The first-order valence-corrected chi connectivity index (χ1v) is 25.6. The molecule has 366 valence electrons. The Bertz CT molecular complexity index is 1830. The molecule has 2 aliphatic carbocycles. The smallest absolute Gasteiger partial charge is 0.412 e. The quantitative estimate of drug-likeness (QED) is 0.0291. The van der Waals surface area contributed by atoms with Crippen molar-refractivity contribution in [1.29, 1.82) is 0 Å². The Kier molecular flexibility index (Phi) is 23.2. The predicted molar refractivity (Wildman–Crippen MR) is 261 cm³/mol. The van der Waals surface area contributed by atoms with Crippen molar-refractivity contribution in [3.63, 3.8) is 0 Å². The molecular weight excluding hydrogens is 858 g/mol. The molecule has 5 rings (SSSR count). The summed E-state index contributed by atoms with van der Waals surface area (Å²) >= 11 is 6.05. The first kappa shape index (κ1) is 52.9. The van der Waals surface area contributed by atoms with Crippen molar-refractivity contribution in [2.24, 2.45) is 22.9 Å². The fourth-order valence-electron chi connectivity index (χ4n) is 10.2. The molecule has 13 heteroatoms. The number of allylic oxidation sites excluding steroid dienone is 1. The zero-order valence-corrected chi connectivity index (χ0v) is 40.5. The number of fused-ring (bicyclic) bond motifs is 2. The fourth-order valence-corrected chi connectivity index (χ4v) is 10.3. The highest BCUT2D eigenvalue weighted by Crippen LogP contribution is 2.62. The van der Waals surface area contributed by atoms with Gasteiger partial charge in [0.2, 0.25) is 5.79 Å². The maximum Gasteiger partial charge on any atom is 0.412 e. The van der Waals surface area contributed by atoms with Gasteiger partial charge in [0, 0.05) is 44.2 Å².